The van der Waals surface area contributed by atoms with Crippen LogP contribution in [0.25, 0.3) is 0 Å². The molecular weight excluding hydrogens is 156 g/mol. The van der Waals surface area contributed by atoms with Crippen molar-refractivity contribution in [1.82, 2.24) is 0 Å². The van der Waals surface area contributed by atoms with Gasteiger partial charge in [-0.05, 0) is 12.8 Å². The molecule has 1 rings (SSSR count). The molecule has 0 aromatic rings. The third-order valence-corrected chi connectivity index (χ3v) is 1.89. The third kappa shape index (κ3) is 3.40. The molecule has 1 N–H and O–H groups in total. The van der Waals surface area contributed by atoms with E-state index in [2.05, 4.69) is 5.92 Å². The van der Waals surface area contributed by atoms with Crippen LogP contribution in [0.1, 0.15) is 25.7 Å². The molecule has 3 heteroatoms. The highest BCUT2D eigenvalue weighted by molar-refractivity contribution is 5.86. The van der Waals surface area contributed by atoms with Crippen LogP contribution in [0, 0.1) is 11.8 Å². The summed E-state index contributed by atoms with van der Waals surface area (Å²) in [4.78, 5) is 9.97. The van der Waals surface area contributed by atoms with Crippen LogP contribution in [0.5, 0.6) is 0 Å². The molecule has 0 aromatic heterocycles. The lowest BCUT2D eigenvalue weighted by Gasteiger charge is -2.06. The maximum absolute atomic E-state index is 9.97. The summed E-state index contributed by atoms with van der Waals surface area (Å²) in [5.41, 5.74) is 0. The molecule has 0 saturated heterocycles. The van der Waals surface area contributed by atoms with Crippen LogP contribution >= 0.6 is 0 Å². The molecule has 0 amide bonds. The SMILES string of the molecule is O=C(O)C#CCOC1CCCC1. The zero-order valence-electron chi connectivity index (χ0n) is 6.88. The van der Waals surface area contributed by atoms with Crippen LogP contribution in [0.3, 0.4) is 0 Å². The van der Waals surface area contributed by atoms with E-state index in [-0.39, 0.29) is 6.61 Å². The molecule has 0 radical (unpaired) electrons. The molecule has 0 aliphatic heterocycles. The Kier molecular flexibility index (Phi) is 3.62. The zero-order valence-corrected chi connectivity index (χ0v) is 6.88. The molecule has 0 bridgehead atoms. The normalized spacial score (nSPS) is 17.0. The van der Waals surface area contributed by atoms with Crippen LogP contribution in [-0.2, 0) is 9.53 Å². The maximum Gasteiger partial charge on any atom is 0.381 e. The minimum Gasteiger partial charge on any atom is -0.472 e. The fourth-order valence-electron chi connectivity index (χ4n) is 1.33. The third-order valence-electron chi connectivity index (χ3n) is 1.89. The van der Waals surface area contributed by atoms with Gasteiger partial charge in [-0.25, -0.2) is 4.79 Å². The van der Waals surface area contributed by atoms with Crippen molar-refractivity contribution in [2.45, 2.75) is 31.8 Å². The summed E-state index contributed by atoms with van der Waals surface area (Å²) in [5.74, 6) is 3.36. The van der Waals surface area contributed by atoms with E-state index in [4.69, 9.17) is 9.84 Å². The second-order valence-electron chi connectivity index (χ2n) is 2.82. The summed E-state index contributed by atoms with van der Waals surface area (Å²) < 4.78 is 5.32. The number of carboxylic acids is 1. The first kappa shape index (κ1) is 9.08. The van der Waals surface area contributed by atoms with Crippen LogP contribution in [0.4, 0.5) is 0 Å². The molecule has 66 valence electrons. The fourth-order valence-corrected chi connectivity index (χ4v) is 1.33. The molecule has 3 nitrogen and oxygen atoms in total. The van der Waals surface area contributed by atoms with Crippen molar-refractivity contribution in [2.75, 3.05) is 6.61 Å². The summed E-state index contributed by atoms with van der Waals surface area (Å²) in [6.07, 6.45) is 4.94. The molecule has 0 spiro atoms. The molecule has 0 aromatic carbocycles. The van der Waals surface area contributed by atoms with Gasteiger partial charge < -0.3 is 9.84 Å². The van der Waals surface area contributed by atoms with Gasteiger partial charge in [-0.3, -0.25) is 0 Å². The van der Waals surface area contributed by atoms with Crippen molar-refractivity contribution in [3.05, 3.63) is 0 Å². The van der Waals surface area contributed by atoms with E-state index in [0.717, 1.165) is 12.8 Å². The van der Waals surface area contributed by atoms with E-state index in [1.807, 2.05) is 5.92 Å². The predicted molar refractivity (Wildman–Crippen MR) is 43.6 cm³/mol. The van der Waals surface area contributed by atoms with E-state index in [1.54, 1.807) is 0 Å². The Morgan fingerprint density at radius 1 is 1.50 bits per heavy atom. The average Bonchev–Trinajstić information content (AvgIpc) is 2.49. The quantitative estimate of drug-likeness (QED) is 0.626. The van der Waals surface area contributed by atoms with Gasteiger partial charge in [0.2, 0.25) is 0 Å². The van der Waals surface area contributed by atoms with Gasteiger partial charge in [-0.1, -0.05) is 18.8 Å². The highest BCUT2D eigenvalue weighted by Crippen LogP contribution is 2.20. The summed E-state index contributed by atoms with van der Waals surface area (Å²) in [6, 6.07) is 0. The molecular formula is C9H12O3. The van der Waals surface area contributed by atoms with E-state index in [9.17, 15) is 4.79 Å². The Morgan fingerprint density at radius 3 is 2.75 bits per heavy atom. The van der Waals surface area contributed by atoms with E-state index >= 15 is 0 Å². The second-order valence-corrected chi connectivity index (χ2v) is 2.82. The van der Waals surface area contributed by atoms with Crippen LogP contribution in [0.15, 0.2) is 0 Å². The van der Waals surface area contributed by atoms with Crippen molar-refractivity contribution in [2.24, 2.45) is 0 Å². The number of carboxylic acid groups (broad SMARTS) is 1. The first-order valence-corrected chi connectivity index (χ1v) is 4.12. The van der Waals surface area contributed by atoms with Gasteiger partial charge >= 0.3 is 5.97 Å². The number of hydrogen-bond acceptors (Lipinski definition) is 2. The average molecular weight is 168 g/mol. The Hall–Kier alpha value is -1.01. The van der Waals surface area contributed by atoms with Crippen LogP contribution in [0.2, 0.25) is 0 Å². The van der Waals surface area contributed by atoms with Gasteiger partial charge in [0.15, 0.2) is 0 Å². The van der Waals surface area contributed by atoms with Crippen LogP contribution in [-0.4, -0.2) is 23.8 Å². The number of rotatable bonds is 2. The van der Waals surface area contributed by atoms with E-state index in [1.165, 1.54) is 12.8 Å². The molecule has 12 heavy (non-hydrogen) atoms. The highest BCUT2D eigenvalue weighted by Gasteiger charge is 2.14. The van der Waals surface area contributed by atoms with Crippen molar-refractivity contribution < 1.29 is 14.6 Å². The van der Waals surface area contributed by atoms with E-state index < -0.39 is 5.97 Å². The topological polar surface area (TPSA) is 46.5 Å². The van der Waals surface area contributed by atoms with Gasteiger partial charge in [0, 0.05) is 5.92 Å². The summed E-state index contributed by atoms with van der Waals surface area (Å²) >= 11 is 0. The standard InChI is InChI=1S/C9H12O3/c10-9(11)6-3-7-12-8-4-1-2-5-8/h8H,1-2,4-5,7H2,(H,10,11). The number of ether oxygens (including phenoxy) is 1. The van der Waals surface area contributed by atoms with Gasteiger partial charge in [-0.15, -0.1) is 0 Å². The van der Waals surface area contributed by atoms with Gasteiger partial charge in [-0.2, -0.15) is 0 Å². The van der Waals surface area contributed by atoms with Crippen molar-refractivity contribution >= 4 is 5.97 Å². The lowest BCUT2D eigenvalue weighted by molar-refractivity contribution is -0.130. The number of carbonyl (C=O) groups is 1. The largest absolute Gasteiger partial charge is 0.472 e. The van der Waals surface area contributed by atoms with Crippen molar-refractivity contribution in [3.63, 3.8) is 0 Å². The van der Waals surface area contributed by atoms with E-state index in [0.29, 0.717) is 6.10 Å². The summed E-state index contributed by atoms with van der Waals surface area (Å²) in [5, 5.41) is 8.18. The van der Waals surface area contributed by atoms with Crippen LogP contribution < -0.4 is 0 Å². The van der Waals surface area contributed by atoms with Crippen molar-refractivity contribution in [1.29, 1.82) is 0 Å². The molecule has 1 aliphatic carbocycles. The summed E-state index contributed by atoms with van der Waals surface area (Å²) in [7, 11) is 0. The zero-order chi connectivity index (χ0) is 8.81. The Bertz CT molecular complexity index is 206. The first-order chi connectivity index (χ1) is 5.79. The minimum absolute atomic E-state index is 0.247. The predicted octanol–water partition coefficient (Wildman–Crippen LogP) is 1.03. The monoisotopic (exact) mass is 168 g/mol. The first-order valence-electron chi connectivity index (χ1n) is 4.12. The molecule has 1 aliphatic rings. The summed E-state index contributed by atoms with van der Waals surface area (Å²) in [6.45, 7) is 0.247. The van der Waals surface area contributed by atoms with Gasteiger partial charge in [0.05, 0.1) is 6.10 Å². The maximum atomic E-state index is 9.97. The molecule has 0 unspecified atom stereocenters. The minimum atomic E-state index is -1.09. The molecule has 1 fully saturated rings. The lowest BCUT2D eigenvalue weighted by atomic mass is 10.3. The Morgan fingerprint density at radius 2 is 2.17 bits per heavy atom. The lowest BCUT2D eigenvalue weighted by Crippen LogP contribution is -2.07. The number of aliphatic carboxylic acids is 1. The van der Waals surface area contributed by atoms with Crippen molar-refractivity contribution in [3.8, 4) is 11.8 Å². The highest BCUT2D eigenvalue weighted by atomic mass is 16.5. The van der Waals surface area contributed by atoms with Gasteiger partial charge in [0.25, 0.3) is 0 Å². The number of hydrogen-bond donors (Lipinski definition) is 1. The molecule has 1 saturated carbocycles. The molecule has 0 atom stereocenters. The Balaban J connectivity index is 2.10. The second kappa shape index (κ2) is 4.78. The smallest absolute Gasteiger partial charge is 0.381 e. The molecule has 0 heterocycles. The fraction of sp³-hybridized carbons (Fsp3) is 0.667. The Labute approximate surface area is 71.7 Å². The van der Waals surface area contributed by atoms with Gasteiger partial charge in [0.1, 0.15) is 6.61 Å².